The maximum atomic E-state index is 12.9. The Morgan fingerprint density at radius 1 is 0.837 bits per heavy atom. The summed E-state index contributed by atoms with van der Waals surface area (Å²) < 4.78 is 12.9. The maximum absolute atomic E-state index is 12.9. The Morgan fingerprint density at radius 3 is 2.23 bits per heavy atom. The fourth-order valence-corrected chi connectivity index (χ4v) is 12.9. The zero-order chi connectivity index (χ0) is 31.1. The van der Waals surface area contributed by atoms with Crippen LogP contribution in [0.5, 0.6) is 0 Å². The van der Waals surface area contributed by atoms with Crippen molar-refractivity contribution in [3.05, 3.63) is 11.6 Å². The van der Waals surface area contributed by atoms with Crippen molar-refractivity contribution in [3.8, 4) is 0 Å². The zero-order valence-electron chi connectivity index (χ0n) is 27.4. The molecule has 0 spiro atoms. The number of aliphatic hydroxyl groups excluding tert-OH is 3. The molecule has 0 amide bonds. The van der Waals surface area contributed by atoms with Gasteiger partial charge in [0.05, 0.1) is 23.2 Å². The zero-order valence-corrected chi connectivity index (χ0v) is 27.4. The molecule has 5 aliphatic carbocycles. The summed E-state index contributed by atoms with van der Waals surface area (Å²) in [6.07, 6.45) is 7.33. The van der Waals surface area contributed by atoms with Crippen LogP contribution in [0.1, 0.15) is 113 Å². The molecular weight excluding hydrogens is 544 g/mol. The number of aliphatic hydroxyl groups is 3. The molecule has 0 aromatic rings. The first-order chi connectivity index (χ1) is 20.0. The van der Waals surface area contributed by atoms with E-state index >= 15 is 0 Å². The van der Waals surface area contributed by atoms with Crippen molar-refractivity contribution >= 4 is 5.97 Å². The number of hydrogen-bond donors (Lipinski definition) is 4. The third kappa shape index (κ3) is 3.75. The van der Waals surface area contributed by atoms with Gasteiger partial charge in [-0.05, 0) is 117 Å². The van der Waals surface area contributed by atoms with E-state index in [1.54, 1.807) is 6.92 Å². The summed E-state index contributed by atoms with van der Waals surface area (Å²) in [7, 11) is 0. The van der Waals surface area contributed by atoms with E-state index < -0.39 is 41.9 Å². The Labute approximate surface area is 257 Å². The Balaban J connectivity index is 1.19. The molecule has 2 heterocycles. The van der Waals surface area contributed by atoms with Crippen LogP contribution in [0, 0.1) is 50.7 Å². The molecule has 7 nitrogen and oxygen atoms in total. The number of rotatable bonds is 2. The highest BCUT2D eigenvalue weighted by molar-refractivity contribution is 5.76. The number of carbonyl (C=O) groups is 1. The predicted octanol–water partition coefficient (Wildman–Crippen LogP) is 5.49. The fourth-order valence-electron chi connectivity index (χ4n) is 12.9. The van der Waals surface area contributed by atoms with Crippen LogP contribution in [0.25, 0.3) is 0 Å². The number of fused-ring (bicyclic) bond motifs is 9. The van der Waals surface area contributed by atoms with Crippen LogP contribution < -0.4 is 0 Å². The van der Waals surface area contributed by atoms with E-state index in [1.165, 1.54) is 5.57 Å². The lowest BCUT2D eigenvalue weighted by Gasteiger charge is -2.74. The van der Waals surface area contributed by atoms with Crippen LogP contribution >= 0.6 is 0 Å². The molecule has 0 aromatic heterocycles. The summed E-state index contributed by atoms with van der Waals surface area (Å²) in [5.74, 6) is 0.666. The molecule has 0 radical (unpaired) electrons. The van der Waals surface area contributed by atoms with E-state index in [4.69, 9.17) is 9.47 Å². The second-order valence-corrected chi connectivity index (χ2v) is 17.9. The van der Waals surface area contributed by atoms with E-state index in [1.807, 2.05) is 0 Å². The molecule has 43 heavy (non-hydrogen) atoms. The Morgan fingerprint density at radius 2 is 1.53 bits per heavy atom. The van der Waals surface area contributed by atoms with Crippen LogP contribution in [0.4, 0.5) is 0 Å². The van der Waals surface area contributed by atoms with Gasteiger partial charge in [0, 0.05) is 5.92 Å². The number of hydrogen-bond acceptors (Lipinski definition) is 6. The van der Waals surface area contributed by atoms with Crippen LogP contribution in [-0.2, 0) is 14.3 Å². The number of allylic oxidation sites excluding steroid dienone is 2. The molecule has 7 heteroatoms. The van der Waals surface area contributed by atoms with E-state index in [2.05, 4.69) is 47.6 Å². The molecule has 0 aromatic carbocycles. The summed E-state index contributed by atoms with van der Waals surface area (Å²) in [6.45, 7) is 16.2. The highest BCUT2D eigenvalue weighted by Crippen LogP contribution is 2.76. The van der Waals surface area contributed by atoms with Crippen molar-refractivity contribution in [3.63, 3.8) is 0 Å². The maximum Gasteiger partial charge on any atom is 0.310 e. The van der Waals surface area contributed by atoms with Crippen LogP contribution in [0.15, 0.2) is 11.6 Å². The molecule has 2 saturated heterocycles. The van der Waals surface area contributed by atoms with Gasteiger partial charge >= 0.3 is 5.97 Å². The second kappa shape index (κ2) is 9.30. The van der Waals surface area contributed by atoms with E-state index in [9.17, 15) is 25.2 Å². The predicted molar refractivity (Wildman–Crippen MR) is 162 cm³/mol. The van der Waals surface area contributed by atoms with Gasteiger partial charge in [-0.1, -0.05) is 46.3 Å². The topological polar surface area (TPSA) is 116 Å². The molecule has 4 saturated carbocycles. The van der Waals surface area contributed by atoms with Crippen molar-refractivity contribution in [1.29, 1.82) is 0 Å². The van der Waals surface area contributed by atoms with Gasteiger partial charge in [-0.3, -0.25) is 4.79 Å². The monoisotopic (exact) mass is 600 g/mol. The first-order valence-corrected chi connectivity index (χ1v) is 17.3. The van der Waals surface area contributed by atoms with Crippen molar-refractivity contribution in [2.24, 2.45) is 50.7 Å². The highest BCUT2D eigenvalue weighted by atomic mass is 16.6. The highest BCUT2D eigenvalue weighted by Gasteiger charge is 2.73. The number of carboxylic acid groups (broad SMARTS) is 1. The molecule has 242 valence electrons. The minimum Gasteiger partial charge on any atom is -0.481 e. The Kier molecular flexibility index (Phi) is 6.63. The Bertz CT molecular complexity index is 1210. The largest absolute Gasteiger partial charge is 0.481 e. The van der Waals surface area contributed by atoms with Gasteiger partial charge in [0.15, 0.2) is 0 Å². The van der Waals surface area contributed by atoms with Crippen molar-refractivity contribution < 1.29 is 34.7 Å². The van der Waals surface area contributed by atoms with Gasteiger partial charge in [0.1, 0.15) is 24.4 Å². The van der Waals surface area contributed by atoms with Gasteiger partial charge < -0.3 is 29.9 Å². The van der Waals surface area contributed by atoms with Crippen molar-refractivity contribution in [2.45, 2.75) is 155 Å². The summed E-state index contributed by atoms with van der Waals surface area (Å²) in [5, 5.41) is 42.2. The first kappa shape index (κ1) is 30.7. The van der Waals surface area contributed by atoms with E-state index in [-0.39, 0.29) is 45.2 Å². The minimum absolute atomic E-state index is 0.00511. The number of carboxylic acids is 1. The quantitative estimate of drug-likeness (QED) is 0.310. The van der Waals surface area contributed by atoms with Crippen molar-refractivity contribution in [1.82, 2.24) is 0 Å². The van der Waals surface area contributed by atoms with Gasteiger partial charge in [-0.2, -0.15) is 0 Å². The lowest BCUT2D eigenvalue weighted by atomic mass is 9.33. The molecule has 15 atom stereocenters. The van der Waals surface area contributed by atoms with Gasteiger partial charge in [0.25, 0.3) is 0 Å². The average molecular weight is 601 g/mol. The molecule has 4 N–H and O–H groups in total. The van der Waals surface area contributed by atoms with E-state index in [0.717, 1.165) is 64.2 Å². The van der Waals surface area contributed by atoms with Crippen LogP contribution in [-0.4, -0.2) is 68.6 Å². The molecule has 7 aliphatic rings. The minimum atomic E-state index is -1.23. The average Bonchev–Trinajstić information content (AvgIpc) is 2.92. The lowest BCUT2D eigenvalue weighted by molar-refractivity contribution is -0.372. The standard InChI is InChI=1S/C36H56O7/c1-19-25(37)26(38)27(39)29(42-19)28-21-10-12-32(4)23-9-8-20-22-18-31(2,3)14-16-36(22,30(40)41)17-15-33(20,5)34(23,6)13-11-24(32)35(21,7)43-28/h8,19,21-29,37-39H,9-18H2,1-7H3,(H,40,41)/t19?,21-,22?,23?,24?,25-,26?,27?,28-,29-,32-,33-,34-,35-,36+/m1/s1. The van der Waals surface area contributed by atoms with Crippen LogP contribution in [0.3, 0.4) is 0 Å². The van der Waals surface area contributed by atoms with Gasteiger partial charge in [-0.15, -0.1) is 0 Å². The molecule has 2 aliphatic heterocycles. The summed E-state index contributed by atoms with van der Waals surface area (Å²) in [6, 6.07) is 0. The molecular formula is C36H56O7. The number of ether oxygens (including phenoxy) is 2. The van der Waals surface area contributed by atoms with Crippen molar-refractivity contribution in [2.75, 3.05) is 0 Å². The third-order valence-electron chi connectivity index (χ3n) is 15.8. The number of aliphatic carboxylic acids is 1. The summed E-state index contributed by atoms with van der Waals surface area (Å²) in [4.78, 5) is 12.9. The summed E-state index contributed by atoms with van der Waals surface area (Å²) in [5.41, 5.74) is 0.892. The van der Waals surface area contributed by atoms with Crippen LogP contribution in [0.2, 0.25) is 0 Å². The van der Waals surface area contributed by atoms with Gasteiger partial charge in [0.2, 0.25) is 0 Å². The first-order valence-electron chi connectivity index (χ1n) is 17.3. The third-order valence-corrected chi connectivity index (χ3v) is 15.8. The second-order valence-electron chi connectivity index (χ2n) is 17.9. The normalized spacial score (nSPS) is 58.8. The molecule has 6 fully saturated rings. The SMILES string of the molecule is CC1O[C@@H]([C@@H]2O[C@@]3(C)C4CC[C@]5(C)C(CC=C6C7CC(C)(C)CC[C@]7(C(=O)O)CC[C@]65C)[C@@]4(C)CC[C@H]23)C(O)C(O)[C@@H]1O. The molecule has 0 bridgehead atoms. The van der Waals surface area contributed by atoms with E-state index in [0.29, 0.717) is 11.8 Å². The molecule has 6 unspecified atom stereocenters. The smallest absolute Gasteiger partial charge is 0.310 e. The Hall–Kier alpha value is -0.990. The van der Waals surface area contributed by atoms with Gasteiger partial charge in [-0.25, -0.2) is 0 Å². The fraction of sp³-hybridized carbons (Fsp3) is 0.917. The lowest BCUT2D eigenvalue weighted by Crippen LogP contribution is -2.76. The summed E-state index contributed by atoms with van der Waals surface area (Å²) >= 11 is 0. The molecule has 7 rings (SSSR count).